The second-order valence-corrected chi connectivity index (χ2v) is 7.06. The molecule has 1 amide bonds. The standard InChI is InChI=1S/C19H19ClN6O3/c20-13-3-1-12(2-4-13)15-9-17(25-24-15)23-16-10-18(22-11-21-16)29-14-5-7-26(8-6-14)19(27)28/h1-4,9-11,14H,5-8H2,(H,27,28)(H2,21,22,23,24,25). The first-order chi connectivity index (χ1) is 14.1. The van der Waals surface area contributed by atoms with Gasteiger partial charge in [-0.05, 0) is 12.1 Å². The molecule has 1 aliphatic rings. The summed E-state index contributed by atoms with van der Waals surface area (Å²) in [5, 5.41) is 20.1. The van der Waals surface area contributed by atoms with Gasteiger partial charge in [0.05, 0.1) is 5.69 Å². The van der Waals surface area contributed by atoms with Gasteiger partial charge in [-0.3, -0.25) is 5.10 Å². The Hall–Kier alpha value is -3.33. The molecule has 4 rings (SSSR count). The Morgan fingerprint density at radius 3 is 2.69 bits per heavy atom. The number of rotatable bonds is 5. The van der Waals surface area contributed by atoms with Crippen LogP contribution in [-0.4, -0.2) is 55.5 Å². The number of halogens is 1. The molecule has 0 bridgehead atoms. The van der Waals surface area contributed by atoms with E-state index in [9.17, 15) is 4.79 Å². The average molecular weight is 415 g/mol. The number of aromatic nitrogens is 4. The fourth-order valence-corrected chi connectivity index (χ4v) is 3.23. The summed E-state index contributed by atoms with van der Waals surface area (Å²) in [5.74, 6) is 1.67. The van der Waals surface area contributed by atoms with Gasteiger partial charge >= 0.3 is 6.09 Å². The summed E-state index contributed by atoms with van der Waals surface area (Å²) in [7, 11) is 0. The first kappa shape index (κ1) is 19.0. The summed E-state index contributed by atoms with van der Waals surface area (Å²) in [4.78, 5) is 20.7. The highest BCUT2D eigenvalue weighted by atomic mass is 35.5. The zero-order chi connectivity index (χ0) is 20.2. The molecule has 0 atom stereocenters. The van der Waals surface area contributed by atoms with Gasteiger partial charge in [-0.15, -0.1) is 0 Å². The molecule has 1 fully saturated rings. The maximum Gasteiger partial charge on any atom is 0.407 e. The molecule has 1 aliphatic heterocycles. The number of carbonyl (C=O) groups is 1. The van der Waals surface area contributed by atoms with Crippen molar-refractivity contribution in [3.63, 3.8) is 0 Å². The molecule has 1 saturated heterocycles. The molecule has 3 heterocycles. The fraction of sp³-hybridized carbons (Fsp3) is 0.263. The number of carboxylic acid groups (broad SMARTS) is 1. The number of aromatic amines is 1. The van der Waals surface area contributed by atoms with E-state index < -0.39 is 6.09 Å². The highest BCUT2D eigenvalue weighted by molar-refractivity contribution is 6.30. The smallest absolute Gasteiger partial charge is 0.407 e. The number of ether oxygens (including phenoxy) is 1. The molecule has 0 saturated carbocycles. The fourth-order valence-electron chi connectivity index (χ4n) is 3.10. The van der Waals surface area contributed by atoms with Gasteiger partial charge in [0.1, 0.15) is 24.1 Å². The Morgan fingerprint density at radius 1 is 1.21 bits per heavy atom. The van der Waals surface area contributed by atoms with Gasteiger partial charge in [0, 0.05) is 48.6 Å². The van der Waals surface area contributed by atoms with Crippen LogP contribution in [0.25, 0.3) is 11.3 Å². The molecule has 29 heavy (non-hydrogen) atoms. The number of amides is 1. The van der Waals surface area contributed by atoms with Crippen molar-refractivity contribution in [3.05, 3.63) is 47.7 Å². The summed E-state index contributed by atoms with van der Waals surface area (Å²) >= 11 is 5.92. The van der Waals surface area contributed by atoms with Crippen LogP contribution >= 0.6 is 11.6 Å². The second kappa shape index (κ2) is 8.36. The molecule has 2 aromatic heterocycles. The van der Waals surface area contributed by atoms with Gasteiger partial charge in [0.25, 0.3) is 0 Å². The zero-order valence-corrected chi connectivity index (χ0v) is 16.1. The molecule has 3 aromatic rings. The van der Waals surface area contributed by atoms with Crippen LogP contribution in [0.5, 0.6) is 5.88 Å². The number of hydrogen-bond donors (Lipinski definition) is 3. The number of nitrogens with zero attached hydrogens (tertiary/aromatic N) is 4. The van der Waals surface area contributed by atoms with Gasteiger partial charge in [0.2, 0.25) is 5.88 Å². The van der Waals surface area contributed by atoms with Gasteiger partial charge in [0.15, 0.2) is 0 Å². The Balaban J connectivity index is 1.38. The molecule has 9 nitrogen and oxygen atoms in total. The van der Waals surface area contributed by atoms with Crippen molar-refractivity contribution >= 4 is 29.3 Å². The predicted octanol–water partition coefficient (Wildman–Crippen LogP) is 3.78. The van der Waals surface area contributed by atoms with Crippen molar-refractivity contribution in [1.82, 2.24) is 25.1 Å². The highest BCUT2D eigenvalue weighted by Crippen LogP contribution is 2.24. The maximum absolute atomic E-state index is 11.0. The summed E-state index contributed by atoms with van der Waals surface area (Å²) in [5.41, 5.74) is 1.72. The number of H-pyrrole nitrogens is 1. The summed E-state index contributed by atoms with van der Waals surface area (Å²) in [6.45, 7) is 0.912. The SMILES string of the molecule is O=C(O)N1CCC(Oc2cc(Nc3cc(-c4ccc(Cl)cc4)n[nH]3)ncn2)CC1. The van der Waals surface area contributed by atoms with E-state index in [-0.39, 0.29) is 6.10 Å². The Labute approximate surface area is 171 Å². The van der Waals surface area contributed by atoms with Crippen LogP contribution in [0.2, 0.25) is 5.02 Å². The van der Waals surface area contributed by atoms with Crippen LogP contribution in [0.4, 0.5) is 16.4 Å². The Kier molecular flexibility index (Phi) is 5.48. The Morgan fingerprint density at radius 2 is 1.97 bits per heavy atom. The number of benzene rings is 1. The van der Waals surface area contributed by atoms with E-state index in [1.165, 1.54) is 11.2 Å². The topological polar surface area (TPSA) is 116 Å². The number of anilines is 2. The minimum Gasteiger partial charge on any atom is -0.474 e. The van der Waals surface area contributed by atoms with Crippen LogP contribution in [0.3, 0.4) is 0 Å². The van der Waals surface area contributed by atoms with E-state index in [2.05, 4.69) is 25.5 Å². The van der Waals surface area contributed by atoms with Crippen LogP contribution in [0, 0.1) is 0 Å². The van der Waals surface area contributed by atoms with Gasteiger partial charge in [-0.1, -0.05) is 23.7 Å². The normalized spacial score (nSPS) is 14.6. The minimum atomic E-state index is -0.894. The molecule has 0 spiro atoms. The van der Waals surface area contributed by atoms with Crippen LogP contribution in [-0.2, 0) is 0 Å². The third kappa shape index (κ3) is 4.75. The van der Waals surface area contributed by atoms with Crippen molar-refractivity contribution in [1.29, 1.82) is 0 Å². The number of likely N-dealkylation sites (tertiary alicyclic amines) is 1. The van der Waals surface area contributed by atoms with E-state index in [1.807, 2.05) is 30.3 Å². The lowest BCUT2D eigenvalue weighted by Gasteiger charge is -2.29. The van der Waals surface area contributed by atoms with Crippen LogP contribution < -0.4 is 10.1 Å². The number of hydrogen-bond acceptors (Lipinski definition) is 6. The molecule has 1 aromatic carbocycles. The van der Waals surface area contributed by atoms with Crippen LogP contribution in [0.15, 0.2) is 42.7 Å². The third-order valence-corrected chi connectivity index (χ3v) is 4.87. The lowest BCUT2D eigenvalue weighted by molar-refractivity contribution is 0.0870. The number of nitrogens with one attached hydrogen (secondary N) is 2. The first-order valence-electron chi connectivity index (χ1n) is 9.12. The Bertz CT molecular complexity index is 986. The van der Waals surface area contributed by atoms with Crippen molar-refractivity contribution in [2.45, 2.75) is 18.9 Å². The average Bonchev–Trinajstić information content (AvgIpc) is 3.17. The van der Waals surface area contributed by atoms with Gasteiger partial charge in [-0.2, -0.15) is 5.10 Å². The van der Waals surface area contributed by atoms with E-state index in [0.29, 0.717) is 48.5 Å². The molecular formula is C19H19ClN6O3. The van der Waals surface area contributed by atoms with E-state index >= 15 is 0 Å². The third-order valence-electron chi connectivity index (χ3n) is 4.62. The summed E-state index contributed by atoms with van der Waals surface area (Å²) < 4.78 is 5.90. The molecule has 0 aliphatic carbocycles. The highest BCUT2D eigenvalue weighted by Gasteiger charge is 2.23. The summed E-state index contributed by atoms with van der Waals surface area (Å²) in [6, 6.07) is 11.0. The molecule has 10 heteroatoms. The second-order valence-electron chi connectivity index (χ2n) is 6.63. The minimum absolute atomic E-state index is 0.0722. The van der Waals surface area contributed by atoms with Crippen LogP contribution in [0.1, 0.15) is 12.8 Å². The first-order valence-corrected chi connectivity index (χ1v) is 9.49. The van der Waals surface area contributed by atoms with Gasteiger partial charge in [-0.25, -0.2) is 14.8 Å². The molecule has 150 valence electrons. The lowest BCUT2D eigenvalue weighted by atomic mass is 10.1. The van der Waals surface area contributed by atoms with Crippen molar-refractivity contribution in [2.75, 3.05) is 18.4 Å². The molecule has 3 N–H and O–H groups in total. The number of piperidine rings is 1. The monoisotopic (exact) mass is 414 g/mol. The lowest BCUT2D eigenvalue weighted by Crippen LogP contribution is -2.41. The molecule has 0 unspecified atom stereocenters. The molecule has 0 radical (unpaired) electrons. The van der Waals surface area contributed by atoms with E-state index in [0.717, 1.165) is 11.3 Å². The zero-order valence-electron chi connectivity index (χ0n) is 15.4. The van der Waals surface area contributed by atoms with Gasteiger partial charge < -0.3 is 20.1 Å². The van der Waals surface area contributed by atoms with Crippen molar-refractivity contribution in [2.24, 2.45) is 0 Å². The van der Waals surface area contributed by atoms with Crippen molar-refractivity contribution in [3.8, 4) is 17.1 Å². The predicted molar refractivity (Wildman–Crippen MR) is 108 cm³/mol. The molecular weight excluding hydrogens is 396 g/mol. The summed E-state index contributed by atoms with van der Waals surface area (Å²) in [6.07, 6.45) is 1.71. The van der Waals surface area contributed by atoms with Crippen molar-refractivity contribution < 1.29 is 14.6 Å². The van der Waals surface area contributed by atoms with E-state index in [4.69, 9.17) is 21.4 Å². The quantitative estimate of drug-likeness (QED) is 0.581. The largest absolute Gasteiger partial charge is 0.474 e. The van der Waals surface area contributed by atoms with E-state index in [1.54, 1.807) is 6.07 Å². The maximum atomic E-state index is 11.0.